The molecule has 0 amide bonds. The lowest BCUT2D eigenvalue weighted by atomic mass is 10.2. The monoisotopic (exact) mass is 328 g/mol. The Kier molecular flexibility index (Phi) is 3.83. The van der Waals surface area contributed by atoms with Crippen LogP contribution in [0.1, 0.15) is 16.1 Å². The number of aromatic nitrogens is 1. The van der Waals surface area contributed by atoms with Crippen molar-refractivity contribution >= 4 is 38.9 Å². The molecule has 1 aromatic carbocycles. The minimum absolute atomic E-state index is 0.125. The summed E-state index contributed by atoms with van der Waals surface area (Å²) in [4.78, 5) is 24.5. The fourth-order valence-corrected chi connectivity index (χ4v) is 2.38. The van der Waals surface area contributed by atoms with Crippen LogP contribution in [0.25, 0.3) is 0 Å². The highest BCUT2D eigenvalue weighted by Gasteiger charge is 2.10. The predicted octanol–water partition coefficient (Wildman–Crippen LogP) is 2.51. The Morgan fingerprint density at radius 1 is 1.50 bits per heavy atom. The number of thiazole rings is 1. The second-order valence-corrected chi connectivity index (χ2v) is 5.28. The zero-order chi connectivity index (χ0) is 13.1. The summed E-state index contributed by atoms with van der Waals surface area (Å²) >= 11 is 4.36. The van der Waals surface area contributed by atoms with Gasteiger partial charge in [0.2, 0.25) is 0 Å². The third-order valence-electron chi connectivity index (χ3n) is 2.25. The van der Waals surface area contributed by atoms with Gasteiger partial charge in [0.05, 0.1) is 17.8 Å². The second kappa shape index (κ2) is 5.36. The van der Waals surface area contributed by atoms with Crippen LogP contribution in [0, 0.1) is 0 Å². The smallest absolute Gasteiger partial charge is 0.337 e. The molecule has 0 radical (unpaired) electrons. The van der Waals surface area contributed by atoms with E-state index in [4.69, 9.17) is 5.11 Å². The third-order valence-corrected chi connectivity index (χ3v) is 3.46. The summed E-state index contributed by atoms with van der Waals surface area (Å²) in [6.07, 6.45) is 0. The van der Waals surface area contributed by atoms with Crippen LogP contribution < -0.4 is 10.2 Å². The van der Waals surface area contributed by atoms with Crippen LogP contribution in [0.5, 0.6) is 0 Å². The molecule has 0 aliphatic carbocycles. The van der Waals surface area contributed by atoms with E-state index in [-0.39, 0.29) is 10.4 Å². The minimum atomic E-state index is -0.996. The number of benzene rings is 1. The van der Waals surface area contributed by atoms with E-state index < -0.39 is 5.97 Å². The molecular weight excluding hydrogens is 320 g/mol. The number of aromatic amines is 1. The molecular formula is C11H9BrN2O3S. The molecule has 2 rings (SSSR count). The highest BCUT2D eigenvalue weighted by atomic mass is 79.9. The van der Waals surface area contributed by atoms with Crippen LogP contribution in [0.2, 0.25) is 0 Å². The number of carboxylic acids is 1. The van der Waals surface area contributed by atoms with Crippen molar-refractivity contribution in [3.8, 4) is 0 Å². The van der Waals surface area contributed by atoms with Crippen molar-refractivity contribution in [3.63, 3.8) is 0 Å². The number of hydrogen-bond acceptors (Lipinski definition) is 4. The average Bonchev–Trinajstić information content (AvgIpc) is 2.72. The molecule has 3 N–H and O–H groups in total. The molecule has 0 atom stereocenters. The van der Waals surface area contributed by atoms with Gasteiger partial charge in [-0.1, -0.05) is 27.3 Å². The number of anilines is 1. The Bertz CT molecular complexity index is 635. The second-order valence-electron chi connectivity index (χ2n) is 3.52. The van der Waals surface area contributed by atoms with E-state index in [9.17, 15) is 9.59 Å². The SMILES string of the molecule is O=C(O)c1ccc(Br)cc1NCc1csc(=O)[nH]1. The summed E-state index contributed by atoms with van der Waals surface area (Å²) in [5.41, 5.74) is 1.42. The van der Waals surface area contributed by atoms with Gasteiger partial charge < -0.3 is 15.4 Å². The first-order valence-corrected chi connectivity index (χ1v) is 6.67. The summed E-state index contributed by atoms with van der Waals surface area (Å²) in [6, 6.07) is 4.88. The molecule has 5 nitrogen and oxygen atoms in total. The number of carboxylic acid groups (broad SMARTS) is 1. The molecule has 0 unspecified atom stereocenters. The highest BCUT2D eigenvalue weighted by molar-refractivity contribution is 9.10. The molecule has 2 aromatic rings. The summed E-state index contributed by atoms with van der Waals surface area (Å²) in [5.74, 6) is -0.996. The topological polar surface area (TPSA) is 82.2 Å². The van der Waals surface area contributed by atoms with Crippen molar-refractivity contribution < 1.29 is 9.90 Å². The molecule has 0 saturated heterocycles. The van der Waals surface area contributed by atoms with Gasteiger partial charge >= 0.3 is 10.8 Å². The van der Waals surface area contributed by atoms with Gasteiger partial charge in [0.25, 0.3) is 0 Å². The molecule has 94 valence electrons. The Morgan fingerprint density at radius 2 is 2.28 bits per heavy atom. The zero-order valence-corrected chi connectivity index (χ0v) is 11.5. The molecule has 0 aliphatic rings. The number of rotatable bonds is 4. The molecule has 0 aliphatic heterocycles. The lowest BCUT2D eigenvalue weighted by molar-refractivity contribution is 0.0698. The number of H-pyrrole nitrogens is 1. The summed E-state index contributed by atoms with van der Waals surface area (Å²) in [5, 5.41) is 13.7. The number of carbonyl (C=O) groups is 1. The highest BCUT2D eigenvalue weighted by Crippen LogP contribution is 2.22. The summed E-state index contributed by atoms with van der Waals surface area (Å²) < 4.78 is 0.786. The van der Waals surface area contributed by atoms with Gasteiger partial charge in [0.1, 0.15) is 0 Å². The van der Waals surface area contributed by atoms with E-state index in [1.54, 1.807) is 17.5 Å². The molecule has 0 spiro atoms. The molecule has 0 bridgehead atoms. The van der Waals surface area contributed by atoms with Gasteiger partial charge in [-0.05, 0) is 18.2 Å². The summed E-state index contributed by atoms with van der Waals surface area (Å²) in [7, 11) is 0. The normalized spacial score (nSPS) is 10.3. The van der Waals surface area contributed by atoms with Crippen LogP contribution in [-0.2, 0) is 6.54 Å². The fourth-order valence-electron chi connectivity index (χ4n) is 1.44. The Balaban J connectivity index is 2.20. The van der Waals surface area contributed by atoms with E-state index >= 15 is 0 Å². The maximum atomic E-state index is 11.0. The van der Waals surface area contributed by atoms with Crippen LogP contribution in [-0.4, -0.2) is 16.1 Å². The van der Waals surface area contributed by atoms with E-state index in [1.165, 1.54) is 6.07 Å². The van der Waals surface area contributed by atoms with E-state index in [0.29, 0.717) is 12.2 Å². The number of nitrogens with one attached hydrogen (secondary N) is 2. The quantitative estimate of drug-likeness (QED) is 0.805. The third kappa shape index (κ3) is 2.99. The van der Waals surface area contributed by atoms with E-state index in [1.807, 2.05) is 0 Å². The number of halogens is 1. The van der Waals surface area contributed by atoms with Crippen molar-refractivity contribution in [2.45, 2.75) is 6.54 Å². The van der Waals surface area contributed by atoms with Gasteiger partial charge in [0, 0.05) is 15.5 Å². The van der Waals surface area contributed by atoms with Crippen molar-refractivity contribution in [2.75, 3.05) is 5.32 Å². The molecule has 1 aromatic heterocycles. The van der Waals surface area contributed by atoms with Gasteiger partial charge in [-0.15, -0.1) is 0 Å². The predicted molar refractivity (Wildman–Crippen MR) is 73.4 cm³/mol. The van der Waals surface area contributed by atoms with Crippen LogP contribution >= 0.6 is 27.3 Å². The van der Waals surface area contributed by atoms with Crippen molar-refractivity contribution in [1.82, 2.24) is 4.98 Å². The fraction of sp³-hybridized carbons (Fsp3) is 0.0909. The van der Waals surface area contributed by atoms with Gasteiger partial charge in [-0.2, -0.15) is 0 Å². The average molecular weight is 329 g/mol. The van der Waals surface area contributed by atoms with E-state index in [0.717, 1.165) is 21.5 Å². The lowest BCUT2D eigenvalue weighted by Gasteiger charge is -2.09. The largest absolute Gasteiger partial charge is 0.478 e. The van der Waals surface area contributed by atoms with Crippen molar-refractivity contribution in [1.29, 1.82) is 0 Å². The van der Waals surface area contributed by atoms with E-state index in [2.05, 4.69) is 26.2 Å². The Labute approximate surface area is 115 Å². The molecule has 7 heteroatoms. The minimum Gasteiger partial charge on any atom is -0.478 e. The zero-order valence-electron chi connectivity index (χ0n) is 9.07. The van der Waals surface area contributed by atoms with Gasteiger partial charge in [0.15, 0.2) is 0 Å². The summed E-state index contributed by atoms with van der Waals surface area (Å²) in [6.45, 7) is 0.371. The van der Waals surface area contributed by atoms with Crippen molar-refractivity contribution in [2.24, 2.45) is 0 Å². The molecule has 1 heterocycles. The molecule has 0 saturated carbocycles. The molecule has 18 heavy (non-hydrogen) atoms. The number of hydrogen-bond donors (Lipinski definition) is 3. The molecule has 0 fully saturated rings. The maximum Gasteiger partial charge on any atom is 0.337 e. The van der Waals surface area contributed by atoms with Crippen LogP contribution in [0.3, 0.4) is 0 Å². The lowest BCUT2D eigenvalue weighted by Crippen LogP contribution is -2.07. The Hall–Kier alpha value is -1.60. The van der Waals surface area contributed by atoms with Crippen LogP contribution in [0.4, 0.5) is 5.69 Å². The van der Waals surface area contributed by atoms with Gasteiger partial charge in [-0.25, -0.2) is 4.79 Å². The number of aromatic carboxylic acids is 1. The maximum absolute atomic E-state index is 11.0. The van der Waals surface area contributed by atoms with Gasteiger partial charge in [-0.3, -0.25) is 4.79 Å². The standard InChI is InChI=1S/C11H9BrN2O3S/c12-6-1-2-8(10(15)16)9(3-6)13-4-7-5-18-11(17)14-7/h1-3,5,13H,4H2,(H,14,17)(H,15,16). The first kappa shape index (κ1) is 12.8. The Morgan fingerprint density at radius 3 is 2.89 bits per heavy atom. The first-order valence-electron chi connectivity index (χ1n) is 4.99. The van der Waals surface area contributed by atoms with Crippen LogP contribution in [0.15, 0.2) is 32.8 Å². The van der Waals surface area contributed by atoms with Crippen molar-refractivity contribution in [3.05, 3.63) is 49.0 Å². The first-order chi connectivity index (χ1) is 8.56.